The number of fused-ring (bicyclic) bond motifs is 2. The van der Waals surface area contributed by atoms with Gasteiger partial charge in [-0.15, -0.1) is 0 Å². The smallest absolute Gasteiger partial charge is 0.138 e. The van der Waals surface area contributed by atoms with Gasteiger partial charge in [0.15, 0.2) is 0 Å². The summed E-state index contributed by atoms with van der Waals surface area (Å²) < 4.78 is 5.91. The molecule has 0 bridgehead atoms. The first kappa shape index (κ1) is 7.98. The number of Topliss-reactive ketones (excluding diaryl/α,β-unsaturated/α-hetero) is 1. The van der Waals surface area contributed by atoms with Crippen molar-refractivity contribution < 1.29 is 9.53 Å². The maximum absolute atomic E-state index is 11.4. The van der Waals surface area contributed by atoms with Gasteiger partial charge in [0.05, 0.1) is 12.2 Å². The van der Waals surface area contributed by atoms with E-state index >= 15 is 0 Å². The molecule has 72 valence electrons. The highest BCUT2D eigenvalue weighted by molar-refractivity contribution is 5.80. The fraction of sp³-hybridized carbons (Fsp3) is 0.909. The number of hydrogen-bond acceptors (Lipinski definition) is 2. The Labute approximate surface area is 78.6 Å². The summed E-state index contributed by atoms with van der Waals surface area (Å²) in [6.45, 7) is 0.683. The zero-order valence-electron chi connectivity index (χ0n) is 7.92. The molecule has 1 heterocycles. The van der Waals surface area contributed by atoms with Crippen LogP contribution in [0.4, 0.5) is 0 Å². The topological polar surface area (TPSA) is 26.3 Å². The molecule has 3 unspecified atom stereocenters. The minimum absolute atomic E-state index is 0.0122. The SMILES string of the molecule is O=C1CCOC2(CCCC3CC32)C1. The Hall–Kier alpha value is -0.370. The molecule has 2 aliphatic carbocycles. The van der Waals surface area contributed by atoms with Crippen LogP contribution < -0.4 is 0 Å². The fourth-order valence-corrected chi connectivity index (χ4v) is 3.30. The van der Waals surface area contributed by atoms with E-state index in [0.29, 0.717) is 25.2 Å². The zero-order valence-corrected chi connectivity index (χ0v) is 7.92. The number of carbonyl (C=O) groups is 1. The maximum atomic E-state index is 11.4. The minimum Gasteiger partial charge on any atom is -0.374 e. The van der Waals surface area contributed by atoms with Gasteiger partial charge in [-0.2, -0.15) is 0 Å². The first-order valence-corrected chi connectivity index (χ1v) is 5.46. The predicted molar refractivity (Wildman–Crippen MR) is 48.4 cm³/mol. The van der Waals surface area contributed by atoms with Crippen molar-refractivity contribution in [2.75, 3.05) is 6.61 Å². The van der Waals surface area contributed by atoms with Crippen molar-refractivity contribution in [2.45, 2.75) is 44.1 Å². The standard InChI is InChI=1S/C11H16O2/c12-9-3-5-13-11(7-9)4-1-2-8-6-10(8)11/h8,10H,1-7H2. The second kappa shape index (κ2) is 2.57. The average Bonchev–Trinajstić information content (AvgIpc) is 2.84. The van der Waals surface area contributed by atoms with Gasteiger partial charge in [-0.25, -0.2) is 0 Å². The normalized spacial score (nSPS) is 49.1. The molecule has 0 aromatic carbocycles. The summed E-state index contributed by atoms with van der Waals surface area (Å²) in [6.07, 6.45) is 6.49. The zero-order chi connectivity index (χ0) is 8.89. The Morgan fingerprint density at radius 3 is 3.23 bits per heavy atom. The van der Waals surface area contributed by atoms with E-state index in [0.717, 1.165) is 18.3 Å². The summed E-state index contributed by atoms with van der Waals surface area (Å²) >= 11 is 0. The molecule has 1 spiro atoms. The van der Waals surface area contributed by atoms with Crippen molar-refractivity contribution >= 4 is 5.78 Å². The van der Waals surface area contributed by atoms with Crippen LogP contribution in [0, 0.1) is 11.8 Å². The van der Waals surface area contributed by atoms with Gasteiger partial charge in [0.25, 0.3) is 0 Å². The number of ketones is 1. The summed E-state index contributed by atoms with van der Waals surface area (Å²) in [4.78, 5) is 11.4. The van der Waals surface area contributed by atoms with Gasteiger partial charge in [0, 0.05) is 12.8 Å². The second-order valence-corrected chi connectivity index (χ2v) is 4.87. The molecule has 3 aliphatic rings. The molecule has 0 amide bonds. The first-order chi connectivity index (χ1) is 6.30. The number of hydrogen-bond donors (Lipinski definition) is 0. The summed E-state index contributed by atoms with van der Waals surface area (Å²) in [5.41, 5.74) is 0.0122. The van der Waals surface area contributed by atoms with E-state index in [1.54, 1.807) is 0 Å². The Morgan fingerprint density at radius 1 is 1.46 bits per heavy atom. The molecule has 0 N–H and O–H groups in total. The van der Waals surface area contributed by atoms with Crippen molar-refractivity contribution in [1.82, 2.24) is 0 Å². The third-order valence-electron chi connectivity index (χ3n) is 4.04. The molecule has 3 fully saturated rings. The van der Waals surface area contributed by atoms with Gasteiger partial charge >= 0.3 is 0 Å². The van der Waals surface area contributed by atoms with Crippen LogP contribution >= 0.6 is 0 Å². The van der Waals surface area contributed by atoms with Gasteiger partial charge < -0.3 is 4.74 Å². The van der Waals surface area contributed by atoms with Crippen LogP contribution in [0.3, 0.4) is 0 Å². The Morgan fingerprint density at radius 2 is 2.38 bits per heavy atom. The lowest BCUT2D eigenvalue weighted by atomic mass is 9.79. The van der Waals surface area contributed by atoms with E-state index in [9.17, 15) is 4.79 Å². The first-order valence-electron chi connectivity index (χ1n) is 5.46. The average molecular weight is 180 g/mol. The third-order valence-corrected chi connectivity index (χ3v) is 4.04. The summed E-state index contributed by atoms with van der Waals surface area (Å²) in [7, 11) is 0. The van der Waals surface area contributed by atoms with Crippen molar-refractivity contribution in [3.8, 4) is 0 Å². The van der Waals surface area contributed by atoms with Crippen molar-refractivity contribution in [2.24, 2.45) is 11.8 Å². The lowest BCUT2D eigenvalue weighted by molar-refractivity contribution is -0.148. The molecular formula is C11H16O2. The number of carbonyl (C=O) groups excluding carboxylic acids is 1. The molecule has 1 aliphatic heterocycles. The minimum atomic E-state index is 0.0122. The van der Waals surface area contributed by atoms with Gasteiger partial charge in [0.2, 0.25) is 0 Å². The lowest BCUT2D eigenvalue weighted by Gasteiger charge is -2.39. The van der Waals surface area contributed by atoms with Crippen LogP contribution in [0.1, 0.15) is 38.5 Å². The Balaban J connectivity index is 1.82. The predicted octanol–water partition coefficient (Wildman–Crippen LogP) is 1.92. The largest absolute Gasteiger partial charge is 0.374 e. The van der Waals surface area contributed by atoms with Crippen LogP contribution in [0.2, 0.25) is 0 Å². The van der Waals surface area contributed by atoms with Crippen molar-refractivity contribution in [1.29, 1.82) is 0 Å². The fourth-order valence-electron chi connectivity index (χ4n) is 3.30. The molecule has 0 radical (unpaired) electrons. The number of rotatable bonds is 0. The molecule has 1 saturated heterocycles. The molecule has 2 saturated carbocycles. The van der Waals surface area contributed by atoms with E-state index in [1.165, 1.54) is 19.3 Å². The van der Waals surface area contributed by atoms with Crippen LogP contribution in [-0.4, -0.2) is 18.0 Å². The molecule has 2 nitrogen and oxygen atoms in total. The summed E-state index contributed by atoms with van der Waals surface area (Å²) in [5, 5.41) is 0. The van der Waals surface area contributed by atoms with Crippen molar-refractivity contribution in [3.05, 3.63) is 0 Å². The lowest BCUT2D eigenvalue weighted by Crippen LogP contribution is -2.44. The monoisotopic (exact) mass is 180 g/mol. The van der Waals surface area contributed by atoms with E-state index in [-0.39, 0.29) is 5.60 Å². The van der Waals surface area contributed by atoms with E-state index in [1.807, 2.05) is 0 Å². The molecule has 3 rings (SSSR count). The molecule has 3 atom stereocenters. The molecular weight excluding hydrogens is 164 g/mol. The highest BCUT2D eigenvalue weighted by Crippen LogP contribution is 2.58. The van der Waals surface area contributed by atoms with Gasteiger partial charge in [-0.3, -0.25) is 4.79 Å². The Kier molecular flexibility index (Phi) is 1.58. The highest BCUT2D eigenvalue weighted by Gasteiger charge is 2.57. The van der Waals surface area contributed by atoms with E-state index < -0.39 is 0 Å². The van der Waals surface area contributed by atoms with Gasteiger partial charge in [0.1, 0.15) is 5.78 Å². The van der Waals surface area contributed by atoms with Crippen LogP contribution in [0.25, 0.3) is 0 Å². The van der Waals surface area contributed by atoms with Crippen LogP contribution in [-0.2, 0) is 9.53 Å². The molecule has 0 aromatic rings. The van der Waals surface area contributed by atoms with Gasteiger partial charge in [-0.1, -0.05) is 6.42 Å². The van der Waals surface area contributed by atoms with Crippen LogP contribution in [0.15, 0.2) is 0 Å². The number of ether oxygens (including phenoxy) is 1. The molecule has 2 heteroatoms. The molecule has 0 aromatic heterocycles. The van der Waals surface area contributed by atoms with E-state index in [4.69, 9.17) is 4.74 Å². The highest BCUT2D eigenvalue weighted by atomic mass is 16.5. The summed E-state index contributed by atoms with van der Waals surface area (Å²) in [6, 6.07) is 0. The third kappa shape index (κ3) is 1.15. The van der Waals surface area contributed by atoms with Gasteiger partial charge in [-0.05, 0) is 31.1 Å². The molecule has 13 heavy (non-hydrogen) atoms. The second-order valence-electron chi connectivity index (χ2n) is 4.87. The maximum Gasteiger partial charge on any atom is 0.138 e. The quantitative estimate of drug-likeness (QED) is 0.569. The van der Waals surface area contributed by atoms with E-state index in [2.05, 4.69) is 0 Å². The van der Waals surface area contributed by atoms with Crippen LogP contribution in [0.5, 0.6) is 0 Å². The Bertz CT molecular complexity index is 244. The summed E-state index contributed by atoms with van der Waals surface area (Å²) in [5.74, 6) is 2.07. The van der Waals surface area contributed by atoms with Crippen molar-refractivity contribution in [3.63, 3.8) is 0 Å².